The van der Waals surface area contributed by atoms with Crippen LogP contribution in [-0.2, 0) is 20.9 Å². The molecule has 0 unspecified atom stereocenters. The molecule has 0 saturated heterocycles. The van der Waals surface area contributed by atoms with Crippen molar-refractivity contribution in [2.24, 2.45) is 5.92 Å². The van der Waals surface area contributed by atoms with Crippen molar-refractivity contribution in [2.75, 3.05) is 13.2 Å². The number of benzene rings is 1. The predicted octanol–water partition coefficient (Wildman–Crippen LogP) is 2.36. The second kappa shape index (κ2) is 9.72. The van der Waals surface area contributed by atoms with Crippen LogP contribution in [0.4, 0.5) is 4.79 Å². The molecule has 1 saturated carbocycles. The van der Waals surface area contributed by atoms with Crippen molar-refractivity contribution in [3.05, 3.63) is 48.2 Å². The highest BCUT2D eigenvalue weighted by atomic mass is 16.5. The molecule has 2 N–H and O–H groups in total. The standard InChI is InChI=1S/C18H24N2O4/c1-2-23-9-8-17(21)20-18(22)19-16-10-15(11-16)13-24-12-14-6-4-3-5-7-14/h3-9,15-16H,2,10-13H2,1H3,(H2,19,20,21,22)/b9-8+. The first kappa shape index (κ1) is 18.0. The molecule has 24 heavy (non-hydrogen) atoms. The number of hydrogen-bond acceptors (Lipinski definition) is 4. The minimum atomic E-state index is -0.497. The van der Waals surface area contributed by atoms with Gasteiger partial charge < -0.3 is 14.8 Å². The Morgan fingerprint density at radius 1 is 1.25 bits per heavy atom. The van der Waals surface area contributed by atoms with Crippen LogP contribution in [0.15, 0.2) is 42.7 Å². The maximum atomic E-state index is 11.6. The summed E-state index contributed by atoms with van der Waals surface area (Å²) in [5.74, 6) is -0.0458. The van der Waals surface area contributed by atoms with Crippen molar-refractivity contribution in [2.45, 2.75) is 32.4 Å². The van der Waals surface area contributed by atoms with Crippen molar-refractivity contribution in [3.8, 4) is 0 Å². The van der Waals surface area contributed by atoms with Gasteiger partial charge in [-0.1, -0.05) is 30.3 Å². The normalized spacial score (nSPS) is 19.5. The fourth-order valence-corrected chi connectivity index (χ4v) is 2.49. The number of urea groups is 1. The van der Waals surface area contributed by atoms with Crippen LogP contribution in [0, 0.1) is 5.92 Å². The Bertz CT molecular complexity index is 553. The van der Waals surface area contributed by atoms with Gasteiger partial charge in [0.25, 0.3) is 5.91 Å². The number of rotatable bonds is 8. The molecule has 130 valence electrons. The van der Waals surface area contributed by atoms with E-state index < -0.39 is 11.9 Å². The lowest BCUT2D eigenvalue weighted by atomic mass is 9.81. The van der Waals surface area contributed by atoms with E-state index in [1.165, 1.54) is 12.3 Å². The van der Waals surface area contributed by atoms with Gasteiger partial charge in [0, 0.05) is 18.7 Å². The van der Waals surface area contributed by atoms with Crippen molar-refractivity contribution in [1.82, 2.24) is 10.6 Å². The lowest BCUT2D eigenvalue weighted by molar-refractivity contribution is -0.115. The Kier molecular flexibility index (Phi) is 7.29. The SMILES string of the molecule is CCO/C=C/C(=O)NC(=O)NC1CC(COCc2ccccc2)C1. The predicted molar refractivity (Wildman–Crippen MR) is 90.1 cm³/mol. The lowest BCUT2D eigenvalue weighted by Crippen LogP contribution is -2.50. The van der Waals surface area contributed by atoms with Crippen molar-refractivity contribution >= 4 is 11.9 Å². The van der Waals surface area contributed by atoms with Crippen LogP contribution in [-0.4, -0.2) is 31.2 Å². The topological polar surface area (TPSA) is 76.7 Å². The molecule has 3 amide bonds. The van der Waals surface area contributed by atoms with Gasteiger partial charge in [0.15, 0.2) is 0 Å². The molecular formula is C18H24N2O4. The Morgan fingerprint density at radius 3 is 2.71 bits per heavy atom. The maximum absolute atomic E-state index is 11.6. The monoisotopic (exact) mass is 332 g/mol. The van der Waals surface area contributed by atoms with Gasteiger partial charge >= 0.3 is 6.03 Å². The third-order valence-electron chi connectivity index (χ3n) is 3.76. The highest BCUT2D eigenvalue weighted by Gasteiger charge is 2.30. The van der Waals surface area contributed by atoms with Gasteiger partial charge in [-0.3, -0.25) is 10.1 Å². The molecule has 6 nitrogen and oxygen atoms in total. The molecule has 2 rings (SSSR count). The van der Waals surface area contributed by atoms with Crippen molar-refractivity contribution in [3.63, 3.8) is 0 Å². The van der Waals surface area contributed by atoms with Gasteiger partial charge in [0.2, 0.25) is 0 Å². The Labute approximate surface area is 142 Å². The molecule has 0 aliphatic heterocycles. The van der Waals surface area contributed by atoms with Crippen LogP contribution >= 0.6 is 0 Å². The minimum Gasteiger partial charge on any atom is -0.501 e. The molecule has 1 aromatic carbocycles. The van der Waals surface area contributed by atoms with Gasteiger partial charge in [-0.05, 0) is 31.2 Å². The lowest BCUT2D eigenvalue weighted by Gasteiger charge is -2.35. The zero-order chi connectivity index (χ0) is 17.2. The quantitative estimate of drug-likeness (QED) is 0.566. The van der Waals surface area contributed by atoms with Gasteiger partial charge in [0.05, 0.1) is 19.5 Å². The molecule has 1 aliphatic carbocycles. The number of nitrogens with one attached hydrogen (secondary N) is 2. The molecule has 0 atom stereocenters. The Balaban J connectivity index is 1.54. The maximum Gasteiger partial charge on any atom is 0.321 e. The van der Waals surface area contributed by atoms with E-state index in [-0.39, 0.29) is 6.04 Å². The van der Waals surface area contributed by atoms with E-state index in [1.54, 1.807) is 0 Å². The van der Waals surface area contributed by atoms with E-state index in [1.807, 2.05) is 37.3 Å². The van der Waals surface area contributed by atoms with Crippen molar-refractivity contribution in [1.29, 1.82) is 0 Å². The summed E-state index contributed by atoms with van der Waals surface area (Å²) >= 11 is 0. The summed E-state index contributed by atoms with van der Waals surface area (Å²) in [5.41, 5.74) is 1.16. The summed E-state index contributed by atoms with van der Waals surface area (Å²) in [6, 6.07) is 9.65. The van der Waals surface area contributed by atoms with E-state index >= 15 is 0 Å². The third kappa shape index (κ3) is 6.42. The van der Waals surface area contributed by atoms with Crippen molar-refractivity contribution < 1.29 is 19.1 Å². The van der Waals surface area contributed by atoms with Crippen LogP contribution in [0.25, 0.3) is 0 Å². The minimum absolute atomic E-state index is 0.0963. The zero-order valence-corrected chi connectivity index (χ0v) is 13.9. The van der Waals surface area contributed by atoms with Gasteiger partial charge in [-0.25, -0.2) is 4.79 Å². The molecule has 6 heteroatoms. The number of hydrogen-bond donors (Lipinski definition) is 2. The summed E-state index contributed by atoms with van der Waals surface area (Å²) in [6.45, 7) is 3.58. The van der Waals surface area contributed by atoms with Crippen LogP contribution in [0.2, 0.25) is 0 Å². The first-order chi connectivity index (χ1) is 11.7. The average Bonchev–Trinajstić information content (AvgIpc) is 2.53. The molecule has 1 aliphatic rings. The summed E-state index contributed by atoms with van der Waals surface area (Å²) < 4.78 is 10.6. The highest BCUT2D eigenvalue weighted by Crippen LogP contribution is 2.27. The first-order valence-electron chi connectivity index (χ1n) is 8.18. The fourth-order valence-electron chi connectivity index (χ4n) is 2.49. The Morgan fingerprint density at radius 2 is 2.00 bits per heavy atom. The number of carbonyl (C=O) groups excluding carboxylic acids is 2. The first-order valence-corrected chi connectivity index (χ1v) is 8.18. The van der Waals surface area contributed by atoms with Crippen LogP contribution in [0.1, 0.15) is 25.3 Å². The average molecular weight is 332 g/mol. The van der Waals surface area contributed by atoms with Crippen LogP contribution in [0.5, 0.6) is 0 Å². The van der Waals surface area contributed by atoms with Gasteiger partial charge in [-0.15, -0.1) is 0 Å². The third-order valence-corrected chi connectivity index (χ3v) is 3.76. The molecule has 0 bridgehead atoms. The molecule has 1 aromatic rings. The van der Waals surface area contributed by atoms with Gasteiger partial charge in [0.1, 0.15) is 0 Å². The van der Waals surface area contributed by atoms with E-state index in [9.17, 15) is 9.59 Å². The second-order valence-corrected chi connectivity index (χ2v) is 5.76. The highest BCUT2D eigenvalue weighted by molar-refractivity contribution is 6.00. The van der Waals surface area contributed by atoms with Crippen LogP contribution in [0.3, 0.4) is 0 Å². The van der Waals surface area contributed by atoms with E-state index in [4.69, 9.17) is 9.47 Å². The van der Waals surface area contributed by atoms with Crippen LogP contribution < -0.4 is 10.6 Å². The molecule has 0 aromatic heterocycles. The number of carbonyl (C=O) groups is 2. The molecule has 1 fully saturated rings. The smallest absolute Gasteiger partial charge is 0.321 e. The summed E-state index contributed by atoms with van der Waals surface area (Å²) in [4.78, 5) is 23.0. The molecule has 0 spiro atoms. The number of amides is 3. The van der Waals surface area contributed by atoms with E-state index in [0.717, 1.165) is 18.4 Å². The number of imide groups is 1. The van der Waals surface area contributed by atoms with E-state index in [2.05, 4.69) is 10.6 Å². The summed E-state index contributed by atoms with van der Waals surface area (Å²) in [7, 11) is 0. The molecule has 0 radical (unpaired) electrons. The summed E-state index contributed by atoms with van der Waals surface area (Å²) in [5, 5.41) is 5.01. The summed E-state index contributed by atoms with van der Waals surface area (Å²) in [6.07, 6.45) is 4.19. The number of ether oxygens (including phenoxy) is 2. The fraction of sp³-hybridized carbons (Fsp3) is 0.444. The van der Waals surface area contributed by atoms with Gasteiger partial charge in [-0.2, -0.15) is 0 Å². The molecule has 0 heterocycles. The second-order valence-electron chi connectivity index (χ2n) is 5.76. The van der Waals surface area contributed by atoms with E-state index in [0.29, 0.717) is 25.7 Å². The zero-order valence-electron chi connectivity index (χ0n) is 13.9. The largest absolute Gasteiger partial charge is 0.501 e. The molecular weight excluding hydrogens is 308 g/mol. The Hall–Kier alpha value is -2.34.